The minimum Gasteiger partial charge on any atom is -0.368 e. The molecule has 4 nitrogen and oxygen atoms in total. The number of benzene rings is 1. The summed E-state index contributed by atoms with van der Waals surface area (Å²) < 4.78 is 1.54. The highest BCUT2D eigenvalue weighted by atomic mass is 79.9. The van der Waals surface area contributed by atoms with Gasteiger partial charge in [0, 0.05) is 14.5 Å². The van der Waals surface area contributed by atoms with Crippen molar-refractivity contribution in [3.63, 3.8) is 0 Å². The highest BCUT2D eigenvalue weighted by molar-refractivity contribution is 9.11. The number of amides is 2. The van der Waals surface area contributed by atoms with Gasteiger partial charge < -0.3 is 11.1 Å². The second-order valence-corrected chi connectivity index (χ2v) is 5.78. The van der Waals surface area contributed by atoms with E-state index in [4.69, 9.17) is 5.73 Å². The molecule has 1 rings (SSSR count). The predicted molar refractivity (Wildman–Crippen MR) is 81.7 cm³/mol. The van der Waals surface area contributed by atoms with Crippen LogP contribution < -0.4 is 11.1 Å². The van der Waals surface area contributed by atoms with Crippen LogP contribution >= 0.6 is 31.9 Å². The number of carbonyl (C=O) groups excluding carboxylic acids is 2. The molecule has 2 amide bonds. The maximum absolute atomic E-state index is 12.0. The lowest BCUT2D eigenvalue weighted by molar-refractivity contribution is -0.119. The third-order valence-electron chi connectivity index (χ3n) is 2.43. The highest BCUT2D eigenvalue weighted by Crippen LogP contribution is 2.20. The van der Waals surface area contributed by atoms with Crippen LogP contribution in [0.4, 0.5) is 0 Å². The van der Waals surface area contributed by atoms with Gasteiger partial charge in [-0.1, -0.05) is 37.9 Å². The van der Waals surface area contributed by atoms with E-state index in [1.807, 2.05) is 6.07 Å². The van der Waals surface area contributed by atoms with Crippen molar-refractivity contribution in [2.45, 2.75) is 18.9 Å². The molecule has 3 N–H and O–H groups in total. The highest BCUT2D eigenvalue weighted by Gasteiger charge is 2.18. The number of carbonyl (C=O) groups is 2. The Morgan fingerprint density at radius 1 is 1.32 bits per heavy atom. The lowest BCUT2D eigenvalue weighted by Gasteiger charge is -2.14. The van der Waals surface area contributed by atoms with Crippen LogP contribution in [-0.2, 0) is 4.79 Å². The summed E-state index contributed by atoms with van der Waals surface area (Å²) in [6.07, 6.45) is 2.73. The molecule has 1 aromatic rings. The molecular weight excluding hydrogens is 376 g/mol. The fourth-order valence-corrected chi connectivity index (χ4v) is 2.79. The molecular formula is C13H14Br2N2O2. The Bertz CT molecular complexity index is 483. The topological polar surface area (TPSA) is 72.2 Å². The average molecular weight is 390 g/mol. The number of halogens is 2. The summed E-state index contributed by atoms with van der Waals surface area (Å²) in [6, 6.07) is 4.47. The van der Waals surface area contributed by atoms with E-state index in [9.17, 15) is 9.59 Å². The molecule has 6 heteroatoms. The van der Waals surface area contributed by atoms with Crippen LogP contribution in [0.25, 0.3) is 0 Å². The molecule has 0 aliphatic carbocycles. The molecule has 1 atom stereocenters. The third kappa shape index (κ3) is 5.16. The van der Waals surface area contributed by atoms with Crippen LogP contribution in [0.15, 0.2) is 39.8 Å². The minimum atomic E-state index is -0.691. The SMILES string of the molecule is C=CCC[C@@H](NC(=O)c1cc(Br)cc(Br)c1)C(N)=O. The van der Waals surface area contributed by atoms with Crippen LogP contribution in [-0.4, -0.2) is 17.9 Å². The maximum atomic E-state index is 12.0. The molecule has 0 spiro atoms. The predicted octanol–water partition coefficient (Wildman–Crippen LogP) is 2.76. The molecule has 0 bridgehead atoms. The van der Waals surface area contributed by atoms with Gasteiger partial charge in [0.15, 0.2) is 0 Å². The van der Waals surface area contributed by atoms with E-state index in [1.165, 1.54) is 0 Å². The zero-order chi connectivity index (χ0) is 14.4. The molecule has 0 saturated carbocycles. The zero-order valence-electron chi connectivity index (χ0n) is 10.2. The quantitative estimate of drug-likeness (QED) is 0.734. The Hall–Kier alpha value is -1.14. The number of rotatable bonds is 6. The Morgan fingerprint density at radius 3 is 2.37 bits per heavy atom. The summed E-state index contributed by atoms with van der Waals surface area (Å²) in [6.45, 7) is 3.58. The molecule has 19 heavy (non-hydrogen) atoms. The summed E-state index contributed by atoms with van der Waals surface area (Å²) in [5.74, 6) is -0.890. The molecule has 0 aromatic heterocycles. The number of allylic oxidation sites excluding steroid dienone is 1. The number of primary amides is 1. The van der Waals surface area contributed by atoms with Crippen LogP contribution in [0.3, 0.4) is 0 Å². The number of hydrogen-bond acceptors (Lipinski definition) is 2. The maximum Gasteiger partial charge on any atom is 0.252 e. The summed E-state index contributed by atoms with van der Waals surface area (Å²) in [7, 11) is 0. The Labute approximate surface area is 128 Å². The van der Waals surface area contributed by atoms with Crippen LogP contribution in [0.2, 0.25) is 0 Å². The second-order valence-electron chi connectivity index (χ2n) is 3.95. The van der Waals surface area contributed by atoms with Crippen molar-refractivity contribution >= 4 is 43.7 Å². The molecule has 0 heterocycles. The summed E-state index contributed by atoms with van der Waals surface area (Å²) in [5, 5.41) is 2.62. The fourth-order valence-electron chi connectivity index (χ4n) is 1.50. The van der Waals surface area contributed by atoms with Gasteiger partial charge in [-0.15, -0.1) is 6.58 Å². The van der Waals surface area contributed by atoms with Gasteiger partial charge in [0.1, 0.15) is 6.04 Å². The smallest absolute Gasteiger partial charge is 0.252 e. The molecule has 0 fully saturated rings. The lowest BCUT2D eigenvalue weighted by atomic mass is 10.1. The molecule has 102 valence electrons. The van der Waals surface area contributed by atoms with E-state index in [0.717, 1.165) is 8.95 Å². The van der Waals surface area contributed by atoms with Gasteiger partial charge in [0.05, 0.1) is 0 Å². The van der Waals surface area contributed by atoms with Gasteiger partial charge in [-0.2, -0.15) is 0 Å². The van der Waals surface area contributed by atoms with Crippen LogP contribution in [0.1, 0.15) is 23.2 Å². The Morgan fingerprint density at radius 2 is 1.89 bits per heavy atom. The third-order valence-corrected chi connectivity index (χ3v) is 3.35. The lowest BCUT2D eigenvalue weighted by Crippen LogP contribution is -2.44. The van der Waals surface area contributed by atoms with Gasteiger partial charge in [-0.3, -0.25) is 9.59 Å². The van der Waals surface area contributed by atoms with E-state index < -0.39 is 11.9 Å². The first kappa shape index (κ1) is 15.9. The molecule has 1 aromatic carbocycles. The van der Waals surface area contributed by atoms with Crippen molar-refractivity contribution in [1.29, 1.82) is 0 Å². The molecule has 0 aliphatic heterocycles. The molecule has 0 saturated heterocycles. The average Bonchev–Trinajstić information content (AvgIpc) is 2.32. The Kier molecular flexibility index (Phi) is 6.24. The van der Waals surface area contributed by atoms with Gasteiger partial charge in [0.2, 0.25) is 5.91 Å². The summed E-state index contributed by atoms with van der Waals surface area (Å²) in [5.41, 5.74) is 5.71. The van der Waals surface area contributed by atoms with Gasteiger partial charge in [-0.25, -0.2) is 0 Å². The first-order valence-electron chi connectivity index (χ1n) is 5.61. The molecule has 0 unspecified atom stereocenters. The summed E-state index contributed by atoms with van der Waals surface area (Å²) >= 11 is 6.61. The largest absolute Gasteiger partial charge is 0.368 e. The van der Waals surface area contributed by atoms with Crippen molar-refractivity contribution in [3.8, 4) is 0 Å². The van der Waals surface area contributed by atoms with Crippen molar-refractivity contribution in [2.24, 2.45) is 5.73 Å². The van der Waals surface area contributed by atoms with Crippen molar-refractivity contribution < 1.29 is 9.59 Å². The Balaban J connectivity index is 2.81. The van der Waals surface area contributed by atoms with Crippen LogP contribution in [0, 0.1) is 0 Å². The monoisotopic (exact) mass is 388 g/mol. The van der Waals surface area contributed by atoms with E-state index in [-0.39, 0.29) is 5.91 Å². The van der Waals surface area contributed by atoms with E-state index >= 15 is 0 Å². The second kappa shape index (κ2) is 7.45. The normalized spacial score (nSPS) is 11.7. The first-order chi connectivity index (χ1) is 8.93. The van der Waals surface area contributed by atoms with Crippen molar-refractivity contribution in [1.82, 2.24) is 5.32 Å². The van der Waals surface area contributed by atoms with Crippen LogP contribution in [0.5, 0.6) is 0 Å². The van der Waals surface area contributed by atoms with Gasteiger partial charge in [0.25, 0.3) is 5.91 Å². The first-order valence-corrected chi connectivity index (χ1v) is 7.20. The minimum absolute atomic E-state index is 0.338. The van der Waals surface area contributed by atoms with Gasteiger partial charge in [-0.05, 0) is 31.0 Å². The van der Waals surface area contributed by atoms with E-state index in [1.54, 1.807) is 18.2 Å². The number of nitrogens with one attached hydrogen (secondary N) is 1. The number of nitrogens with two attached hydrogens (primary N) is 1. The number of hydrogen-bond donors (Lipinski definition) is 2. The van der Waals surface area contributed by atoms with E-state index in [2.05, 4.69) is 43.8 Å². The molecule has 0 aliphatic rings. The van der Waals surface area contributed by atoms with E-state index in [0.29, 0.717) is 18.4 Å². The van der Waals surface area contributed by atoms with Crippen molar-refractivity contribution in [2.75, 3.05) is 0 Å². The molecule has 0 radical (unpaired) electrons. The summed E-state index contributed by atoms with van der Waals surface area (Å²) in [4.78, 5) is 23.3. The standard InChI is InChI=1S/C13H14Br2N2O2/c1-2-3-4-11(12(16)18)17-13(19)8-5-9(14)7-10(15)6-8/h2,5-7,11H,1,3-4H2,(H2,16,18)(H,17,19)/t11-/m1/s1. The fraction of sp³-hybridized carbons (Fsp3) is 0.231. The van der Waals surface area contributed by atoms with Crippen molar-refractivity contribution in [3.05, 3.63) is 45.4 Å². The van der Waals surface area contributed by atoms with Gasteiger partial charge >= 0.3 is 0 Å². The zero-order valence-corrected chi connectivity index (χ0v) is 13.3.